The Hall–Kier alpha value is -1.90. The number of rotatable bonds is 5. The van der Waals surface area contributed by atoms with E-state index in [0.717, 1.165) is 16.4 Å². The van der Waals surface area contributed by atoms with Crippen molar-refractivity contribution in [3.63, 3.8) is 0 Å². The lowest BCUT2D eigenvalue weighted by Gasteiger charge is -2.28. The molecule has 0 aromatic heterocycles. The van der Waals surface area contributed by atoms with Crippen LogP contribution in [0, 0.1) is 0 Å². The van der Waals surface area contributed by atoms with Gasteiger partial charge in [-0.2, -0.15) is 0 Å². The highest BCUT2D eigenvalue weighted by molar-refractivity contribution is 8.13. The number of amidine groups is 1. The van der Waals surface area contributed by atoms with Gasteiger partial charge in [-0.25, -0.2) is 8.42 Å². The van der Waals surface area contributed by atoms with Crippen LogP contribution in [0.2, 0.25) is 5.02 Å². The van der Waals surface area contributed by atoms with Crippen LogP contribution in [-0.2, 0) is 15.6 Å². The van der Waals surface area contributed by atoms with Crippen molar-refractivity contribution in [3.05, 3.63) is 53.1 Å². The number of aliphatic imine (C=N–C) groups is 1. The Kier molecular flexibility index (Phi) is 5.68. The highest BCUT2D eigenvalue weighted by Crippen LogP contribution is 2.41. The van der Waals surface area contributed by atoms with Crippen molar-refractivity contribution >= 4 is 44.1 Å². The Bertz CT molecular complexity index is 1040. The summed E-state index contributed by atoms with van der Waals surface area (Å²) in [7, 11) is 0.0773. The molecule has 0 radical (unpaired) electrons. The normalized spacial score (nSPS) is 22.3. The van der Waals surface area contributed by atoms with Crippen LogP contribution in [0.25, 0.3) is 0 Å². The fourth-order valence-corrected chi connectivity index (χ4v) is 6.67. The van der Waals surface area contributed by atoms with Gasteiger partial charge in [0.2, 0.25) is 0 Å². The third kappa shape index (κ3) is 4.20. The van der Waals surface area contributed by atoms with E-state index in [0.29, 0.717) is 22.3 Å². The maximum atomic E-state index is 12.2. The first kappa shape index (κ1) is 20.4. The van der Waals surface area contributed by atoms with Gasteiger partial charge in [0.05, 0.1) is 43.5 Å². The number of benzene rings is 2. The molecule has 2 aromatic rings. The predicted octanol–water partition coefficient (Wildman–Crippen LogP) is 3.63. The lowest BCUT2D eigenvalue weighted by Crippen LogP contribution is -2.39. The van der Waals surface area contributed by atoms with Crippen LogP contribution in [0.1, 0.15) is 5.56 Å². The van der Waals surface area contributed by atoms with E-state index >= 15 is 0 Å². The summed E-state index contributed by atoms with van der Waals surface area (Å²) in [6.45, 7) is 0. The average Bonchev–Trinajstić information content (AvgIpc) is 3.17. The first-order chi connectivity index (χ1) is 13.9. The summed E-state index contributed by atoms with van der Waals surface area (Å²) in [6, 6.07) is 12.7. The van der Waals surface area contributed by atoms with Crippen molar-refractivity contribution < 1.29 is 17.9 Å². The second-order valence-electron chi connectivity index (χ2n) is 6.95. The number of ether oxygens (including phenoxy) is 2. The Morgan fingerprint density at radius 1 is 1.14 bits per heavy atom. The summed E-state index contributed by atoms with van der Waals surface area (Å²) >= 11 is 7.55. The van der Waals surface area contributed by atoms with E-state index in [9.17, 15) is 8.42 Å². The van der Waals surface area contributed by atoms with Gasteiger partial charge >= 0.3 is 0 Å². The molecule has 0 amide bonds. The second kappa shape index (κ2) is 8.08. The Labute approximate surface area is 179 Å². The Morgan fingerprint density at radius 2 is 1.90 bits per heavy atom. The minimum atomic E-state index is -3.12. The summed E-state index contributed by atoms with van der Waals surface area (Å²) in [5.41, 5.74) is 1.88. The lowest BCUT2D eigenvalue weighted by molar-refractivity contribution is 0.403. The number of thioether (sulfide) groups is 1. The largest absolute Gasteiger partial charge is 0.497 e. The van der Waals surface area contributed by atoms with E-state index < -0.39 is 9.84 Å². The number of nitrogens with zero attached hydrogens (tertiary/aromatic N) is 2. The zero-order valence-corrected chi connectivity index (χ0v) is 18.4. The van der Waals surface area contributed by atoms with E-state index in [-0.39, 0.29) is 23.6 Å². The number of fused-ring (bicyclic) bond motifs is 1. The maximum Gasteiger partial charge on any atom is 0.164 e. The molecule has 1 saturated heterocycles. The van der Waals surface area contributed by atoms with Gasteiger partial charge in [0.15, 0.2) is 15.0 Å². The number of sulfone groups is 1. The summed E-state index contributed by atoms with van der Waals surface area (Å²) in [4.78, 5) is 6.77. The van der Waals surface area contributed by atoms with Crippen LogP contribution in [0.4, 0.5) is 5.69 Å². The smallest absolute Gasteiger partial charge is 0.164 e. The predicted molar refractivity (Wildman–Crippen MR) is 118 cm³/mol. The standard InChI is InChI=1S/C20H21ClN2O4S2/c1-26-15-7-8-19(27-2)17(9-15)23-18-12-29(24,25)11-16(18)22-20(23)28-10-13-3-5-14(21)6-4-13/h3-9,16,18H,10-12H2,1-2H3. The van der Waals surface area contributed by atoms with Crippen molar-refractivity contribution in [3.8, 4) is 11.5 Å². The molecule has 2 aliphatic rings. The van der Waals surface area contributed by atoms with Gasteiger partial charge in [-0.05, 0) is 29.8 Å². The van der Waals surface area contributed by atoms with Crippen molar-refractivity contribution in [1.82, 2.24) is 0 Å². The molecule has 2 atom stereocenters. The summed E-state index contributed by atoms with van der Waals surface area (Å²) in [5, 5.41) is 1.48. The van der Waals surface area contributed by atoms with Crippen molar-refractivity contribution in [2.24, 2.45) is 4.99 Å². The van der Waals surface area contributed by atoms with E-state index in [1.165, 1.54) is 0 Å². The molecule has 0 aliphatic carbocycles. The fraction of sp³-hybridized carbons (Fsp3) is 0.350. The molecule has 154 valence electrons. The van der Waals surface area contributed by atoms with Gasteiger partial charge in [0.25, 0.3) is 0 Å². The first-order valence-corrected chi connectivity index (χ1v) is 12.3. The molecule has 0 bridgehead atoms. The molecule has 1 fully saturated rings. The van der Waals surface area contributed by atoms with E-state index in [1.807, 2.05) is 47.4 Å². The van der Waals surface area contributed by atoms with Gasteiger partial charge in [-0.15, -0.1) is 0 Å². The topological polar surface area (TPSA) is 68.2 Å². The fourth-order valence-electron chi connectivity index (χ4n) is 3.63. The van der Waals surface area contributed by atoms with Crippen LogP contribution < -0.4 is 14.4 Å². The lowest BCUT2D eigenvalue weighted by atomic mass is 10.1. The number of hydrogen-bond donors (Lipinski definition) is 0. The molecule has 2 aliphatic heterocycles. The molecule has 0 saturated carbocycles. The molecule has 9 heteroatoms. The van der Waals surface area contributed by atoms with Gasteiger partial charge in [0, 0.05) is 16.8 Å². The third-order valence-corrected chi connectivity index (χ3v) is 8.02. The summed E-state index contributed by atoms with van der Waals surface area (Å²) in [6.07, 6.45) is 0. The Morgan fingerprint density at radius 3 is 2.59 bits per heavy atom. The Balaban J connectivity index is 1.68. The molecule has 2 unspecified atom stereocenters. The van der Waals surface area contributed by atoms with E-state index in [2.05, 4.69) is 0 Å². The zero-order valence-electron chi connectivity index (χ0n) is 16.0. The molecule has 0 spiro atoms. The monoisotopic (exact) mass is 452 g/mol. The molecule has 4 rings (SSSR count). The zero-order chi connectivity index (χ0) is 20.6. The molecule has 2 heterocycles. The van der Waals surface area contributed by atoms with Crippen LogP contribution in [0.5, 0.6) is 11.5 Å². The van der Waals surface area contributed by atoms with Gasteiger partial charge in [-0.3, -0.25) is 4.99 Å². The quantitative estimate of drug-likeness (QED) is 0.690. The van der Waals surface area contributed by atoms with Crippen LogP contribution in [0.15, 0.2) is 47.5 Å². The van der Waals surface area contributed by atoms with E-state index in [4.69, 9.17) is 26.1 Å². The van der Waals surface area contributed by atoms with Crippen LogP contribution >= 0.6 is 23.4 Å². The minimum Gasteiger partial charge on any atom is -0.497 e. The minimum absolute atomic E-state index is 0.0749. The highest BCUT2D eigenvalue weighted by Gasteiger charge is 2.47. The number of anilines is 1. The van der Waals surface area contributed by atoms with Crippen molar-refractivity contribution in [2.75, 3.05) is 30.6 Å². The third-order valence-electron chi connectivity index (χ3n) is 5.03. The van der Waals surface area contributed by atoms with Crippen LogP contribution in [0.3, 0.4) is 0 Å². The molecular weight excluding hydrogens is 432 g/mol. The number of halogens is 1. The van der Waals surface area contributed by atoms with Gasteiger partial charge in [0.1, 0.15) is 11.5 Å². The average molecular weight is 453 g/mol. The molecule has 29 heavy (non-hydrogen) atoms. The highest BCUT2D eigenvalue weighted by atomic mass is 35.5. The van der Waals surface area contributed by atoms with Crippen molar-refractivity contribution in [2.45, 2.75) is 17.8 Å². The molecule has 0 N–H and O–H groups in total. The van der Waals surface area contributed by atoms with Crippen molar-refractivity contribution in [1.29, 1.82) is 0 Å². The summed E-state index contributed by atoms with van der Waals surface area (Å²) in [5.74, 6) is 2.17. The second-order valence-corrected chi connectivity index (χ2v) is 10.5. The number of methoxy groups -OCH3 is 2. The molecule has 6 nitrogen and oxygen atoms in total. The van der Waals surface area contributed by atoms with E-state index in [1.54, 1.807) is 26.0 Å². The number of hydrogen-bond acceptors (Lipinski definition) is 7. The maximum absolute atomic E-state index is 12.2. The van der Waals surface area contributed by atoms with Gasteiger partial charge in [-0.1, -0.05) is 35.5 Å². The molecule has 2 aromatic carbocycles. The summed E-state index contributed by atoms with van der Waals surface area (Å²) < 4.78 is 35.4. The van der Waals surface area contributed by atoms with Crippen LogP contribution in [-0.4, -0.2) is 51.4 Å². The van der Waals surface area contributed by atoms with Gasteiger partial charge < -0.3 is 14.4 Å². The first-order valence-electron chi connectivity index (χ1n) is 9.07. The molecular formula is C20H21ClN2O4S2. The SMILES string of the molecule is COc1ccc(OC)c(N2C(SCc3ccc(Cl)cc3)=NC3CS(=O)(=O)CC32)c1.